The third kappa shape index (κ3) is 4.28. The van der Waals surface area contributed by atoms with Crippen LogP contribution in [-0.4, -0.2) is 22.3 Å². The summed E-state index contributed by atoms with van der Waals surface area (Å²) in [6.07, 6.45) is -0.151. The van der Waals surface area contributed by atoms with Crippen LogP contribution in [0.4, 0.5) is 0 Å². The Bertz CT molecular complexity index is 1100. The van der Waals surface area contributed by atoms with Crippen molar-refractivity contribution in [3.05, 3.63) is 82.9 Å². The summed E-state index contributed by atoms with van der Waals surface area (Å²) in [6, 6.07) is 19.2. The van der Waals surface area contributed by atoms with Gasteiger partial charge in [-0.1, -0.05) is 30.3 Å². The van der Waals surface area contributed by atoms with Gasteiger partial charge in [0.15, 0.2) is 0 Å². The Labute approximate surface area is 181 Å². The quantitative estimate of drug-likeness (QED) is 0.506. The van der Waals surface area contributed by atoms with Crippen LogP contribution >= 0.6 is 0 Å². The Morgan fingerprint density at radius 1 is 1.06 bits per heavy atom. The number of aliphatic carboxylic acids is 1. The van der Waals surface area contributed by atoms with E-state index >= 15 is 0 Å². The molecule has 31 heavy (non-hydrogen) atoms. The fourth-order valence-electron chi connectivity index (χ4n) is 4.31. The number of ether oxygens (including phenoxy) is 2. The number of carboxylic acid groups (broad SMARTS) is 1. The molecule has 3 aromatic rings. The van der Waals surface area contributed by atoms with E-state index < -0.39 is 11.6 Å². The molecule has 0 radical (unpaired) electrons. The van der Waals surface area contributed by atoms with Crippen LogP contribution in [0, 0.1) is 13.8 Å². The van der Waals surface area contributed by atoms with Crippen LogP contribution in [0.1, 0.15) is 35.6 Å². The summed E-state index contributed by atoms with van der Waals surface area (Å²) in [6.45, 7) is 6.29. The SMILES string of the molecule is Cc1cc(O)cc(C)c1-c1cccc(COc2ccc(C3(CC(=O)O)OC3C)cc2)c1. The molecule has 4 rings (SSSR count). The lowest BCUT2D eigenvalue weighted by atomic mass is 9.92. The molecule has 0 bridgehead atoms. The molecule has 3 aromatic carbocycles. The Kier molecular flexibility index (Phi) is 5.46. The van der Waals surface area contributed by atoms with Crippen molar-refractivity contribution in [2.45, 2.75) is 45.5 Å². The molecule has 0 amide bonds. The molecule has 5 heteroatoms. The third-order valence-electron chi connectivity index (χ3n) is 5.88. The summed E-state index contributed by atoms with van der Waals surface area (Å²) in [7, 11) is 0. The Morgan fingerprint density at radius 3 is 2.29 bits per heavy atom. The number of rotatable bonds is 7. The average molecular weight is 418 g/mol. The van der Waals surface area contributed by atoms with Crippen molar-refractivity contribution in [1.29, 1.82) is 0 Å². The first kappa shape index (κ1) is 20.9. The van der Waals surface area contributed by atoms with Gasteiger partial charge in [-0.2, -0.15) is 0 Å². The van der Waals surface area contributed by atoms with Gasteiger partial charge in [-0.25, -0.2) is 0 Å². The molecular weight excluding hydrogens is 392 g/mol. The topological polar surface area (TPSA) is 79.3 Å². The number of phenolic OH excluding ortho intramolecular Hbond substituents is 1. The van der Waals surface area contributed by atoms with Crippen molar-refractivity contribution < 1.29 is 24.5 Å². The Hall–Kier alpha value is -3.31. The molecule has 1 aliphatic heterocycles. The van der Waals surface area contributed by atoms with E-state index in [1.807, 2.05) is 57.2 Å². The van der Waals surface area contributed by atoms with E-state index in [2.05, 4.69) is 12.1 Å². The number of aromatic hydroxyl groups is 1. The molecule has 2 unspecified atom stereocenters. The van der Waals surface area contributed by atoms with Crippen molar-refractivity contribution in [3.8, 4) is 22.6 Å². The fraction of sp³-hybridized carbons (Fsp3) is 0.269. The zero-order valence-corrected chi connectivity index (χ0v) is 17.9. The van der Waals surface area contributed by atoms with Gasteiger partial charge in [-0.05, 0) is 84.5 Å². The summed E-state index contributed by atoms with van der Waals surface area (Å²) < 4.78 is 11.6. The van der Waals surface area contributed by atoms with Crippen LogP contribution in [0.2, 0.25) is 0 Å². The predicted molar refractivity (Wildman–Crippen MR) is 118 cm³/mol. The molecule has 2 N–H and O–H groups in total. The smallest absolute Gasteiger partial charge is 0.306 e. The third-order valence-corrected chi connectivity index (χ3v) is 5.88. The normalized spacial score (nSPS) is 19.8. The first-order chi connectivity index (χ1) is 14.8. The lowest BCUT2D eigenvalue weighted by molar-refractivity contribution is -0.138. The first-order valence-electron chi connectivity index (χ1n) is 10.3. The van der Waals surface area contributed by atoms with E-state index in [1.54, 1.807) is 12.1 Å². The van der Waals surface area contributed by atoms with Crippen LogP contribution in [-0.2, 0) is 21.7 Å². The highest BCUT2D eigenvalue weighted by Crippen LogP contribution is 2.49. The first-order valence-corrected chi connectivity index (χ1v) is 10.3. The molecule has 0 saturated carbocycles. The van der Waals surface area contributed by atoms with Crippen molar-refractivity contribution in [3.63, 3.8) is 0 Å². The van der Waals surface area contributed by atoms with Gasteiger partial charge < -0.3 is 19.7 Å². The zero-order chi connectivity index (χ0) is 22.2. The fourth-order valence-corrected chi connectivity index (χ4v) is 4.31. The summed E-state index contributed by atoms with van der Waals surface area (Å²) in [5, 5.41) is 19.0. The number of hydrogen-bond donors (Lipinski definition) is 2. The lowest BCUT2D eigenvalue weighted by Gasteiger charge is -2.14. The second-order valence-electron chi connectivity index (χ2n) is 8.19. The van der Waals surface area contributed by atoms with Crippen LogP contribution in [0.15, 0.2) is 60.7 Å². The van der Waals surface area contributed by atoms with Crippen molar-refractivity contribution in [1.82, 2.24) is 0 Å². The molecule has 0 aromatic heterocycles. The highest BCUT2D eigenvalue weighted by molar-refractivity contribution is 5.72. The van der Waals surface area contributed by atoms with E-state index in [1.165, 1.54) is 0 Å². The standard InChI is InChI=1S/C26H26O5/c1-16-11-22(27)12-17(2)25(16)20-6-4-5-19(13-20)15-30-23-9-7-21(8-10-23)26(14-24(28)29)18(3)31-26/h4-13,18,27H,14-15H2,1-3H3,(H,28,29). The maximum atomic E-state index is 11.2. The molecule has 160 valence electrons. The molecular formula is C26H26O5. The largest absolute Gasteiger partial charge is 0.508 e. The van der Waals surface area contributed by atoms with Gasteiger partial charge in [0.2, 0.25) is 0 Å². The monoisotopic (exact) mass is 418 g/mol. The van der Waals surface area contributed by atoms with Crippen molar-refractivity contribution >= 4 is 5.97 Å². The zero-order valence-electron chi connectivity index (χ0n) is 17.9. The Morgan fingerprint density at radius 2 is 1.71 bits per heavy atom. The molecule has 1 saturated heterocycles. The number of aryl methyl sites for hydroxylation is 2. The van der Waals surface area contributed by atoms with E-state index in [0.717, 1.165) is 33.4 Å². The highest BCUT2D eigenvalue weighted by atomic mass is 16.6. The van der Waals surface area contributed by atoms with Gasteiger partial charge in [0.05, 0.1) is 12.5 Å². The minimum absolute atomic E-state index is 0.0444. The molecule has 2 atom stereocenters. The molecule has 1 fully saturated rings. The van der Waals surface area contributed by atoms with Gasteiger partial charge in [-0.3, -0.25) is 4.79 Å². The molecule has 0 aliphatic carbocycles. The Balaban J connectivity index is 1.47. The number of carboxylic acids is 1. The van der Waals surface area contributed by atoms with E-state index in [0.29, 0.717) is 12.4 Å². The molecule has 5 nitrogen and oxygen atoms in total. The maximum absolute atomic E-state index is 11.2. The van der Waals surface area contributed by atoms with Crippen molar-refractivity contribution in [2.24, 2.45) is 0 Å². The van der Waals surface area contributed by atoms with Gasteiger partial charge in [0, 0.05) is 0 Å². The number of phenols is 1. The number of benzene rings is 3. The molecule has 0 spiro atoms. The predicted octanol–water partition coefficient (Wildman–Crippen LogP) is 5.34. The molecule has 1 aliphatic rings. The maximum Gasteiger partial charge on any atom is 0.306 e. The van der Waals surface area contributed by atoms with Crippen LogP contribution in [0.5, 0.6) is 11.5 Å². The highest BCUT2D eigenvalue weighted by Gasteiger charge is 2.56. The second-order valence-corrected chi connectivity index (χ2v) is 8.19. The van der Waals surface area contributed by atoms with Gasteiger partial charge in [0.1, 0.15) is 23.7 Å². The minimum atomic E-state index is -0.872. The van der Waals surface area contributed by atoms with Gasteiger partial charge in [0.25, 0.3) is 0 Å². The van der Waals surface area contributed by atoms with Crippen LogP contribution < -0.4 is 4.74 Å². The number of carbonyl (C=O) groups is 1. The van der Waals surface area contributed by atoms with Gasteiger partial charge >= 0.3 is 5.97 Å². The number of hydrogen-bond acceptors (Lipinski definition) is 4. The van der Waals surface area contributed by atoms with Gasteiger partial charge in [-0.15, -0.1) is 0 Å². The second kappa shape index (κ2) is 8.08. The average Bonchev–Trinajstić information content (AvgIpc) is 3.35. The summed E-state index contributed by atoms with van der Waals surface area (Å²) in [4.78, 5) is 11.2. The van der Waals surface area contributed by atoms with E-state index in [4.69, 9.17) is 14.6 Å². The van der Waals surface area contributed by atoms with Crippen LogP contribution in [0.3, 0.4) is 0 Å². The summed E-state index contributed by atoms with van der Waals surface area (Å²) >= 11 is 0. The van der Waals surface area contributed by atoms with Crippen LogP contribution in [0.25, 0.3) is 11.1 Å². The number of epoxide rings is 1. The molecule has 1 heterocycles. The summed E-state index contributed by atoms with van der Waals surface area (Å²) in [5.74, 6) is 0.117. The lowest BCUT2D eigenvalue weighted by Crippen LogP contribution is -2.17. The summed E-state index contributed by atoms with van der Waals surface area (Å²) in [5.41, 5.74) is 5.42. The van der Waals surface area contributed by atoms with Crippen molar-refractivity contribution in [2.75, 3.05) is 0 Å². The van der Waals surface area contributed by atoms with E-state index in [9.17, 15) is 9.90 Å². The minimum Gasteiger partial charge on any atom is -0.508 e. The van der Waals surface area contributed by atoms with E-state index in [-0.39, 0.29) is 18.3 Å².